The van der Waals surface area contributed by atoms with Crippen molar-refractivity contribution >= 4 is 23.2 Å². The molecule has 1 aromatic carbocycles. The maximum atomic E-state index is 12.2. The average Bonchev–Trinajstić information content (AvgIpc) is 3.25. The first-order chi connectivity index (χ1) is 9.88. The third-order valence-electron chi connectivity index (χ3n) is 4.08. The number of ether oxygens (including phenoxy) is 1. The molecule has 112 valence electrons. The summed E-state index contributed by atoms with van der Waals surface area (Å²) in [6.07, 6.45) is 1.47. The van der Waals surface area contributed by atoms with Crippen molar-refractivity contribution in [3.8, 4) is 5.75 Å². The second kappa shape index (κ2) is 4.73. The van der Waals surface area contributed by atoms with Gasteiger partial charge in [-0.15, -0.1) is 0 Å². The fourth-order valence-corrected chi connectivity index (χ4v) is 2.42. The van der Waals surface area contributed by atoms with Crippen molar-refractivity contribution < 1.29 is 14.3 Å². The van der Waals surface area contributed by atoms with Crippen molar-refractivity contribution in [3.05, 3.63) is 18.2 Å². The lowest BCUT2D eigenvalue weighted by Crippen LogP contribution is -2.50. The molecular formula is C15H19N3O3. The quantitative estimate of drug-likeness (QED) is 0.785. The number of carbonyl (C=O) groups excluding carboxylic acids is 2. The molecular weight excluding hydrogens is 270 g/mol. The predicted molar refractivity (Wildman–Crippen MR) is 79.1 cm³/mol. The van der Waals surface area contributed by atoms with Gasteiger partial charge in [0.15, 0.2) is 6.10 Å². The molecule has 1 fully saturated rings. The molecule has 1 aliphatic heterocycles. The monoisotopic (exact) mass is 289 g/mol. The lowest BCUT2D eigenvalue weighted by molar-refractivity contribution is -0.122. The molecule has 1 saturated carbocycles. The Kier molecular flexibility index (Phi) is 3.13. The molecule has 3 rings (SSSR count). The highest BCUT2D eigenvalue weighted by Gasteiger charge is 2.44. The zero-order chi connectivity index (χ0) is 15.2. The number of fused-ring (bicyclic) bond motifs is 1. The van der Waals surface area contributed by atoms with E-state index < -0.39 is 11.6 Å². The normalized spacial score (nSPS) is 23.4. The Labute approximate surface area is 123 Å². The van der Waals surface area contributed by atoms with Gasteiger partial charge in [-0.25, -0.2) is 0 Å². The predicted octanol–water partition coefficient (Wildman–Crippen LogP) is 1.47. The molecule has 4 N–H and O–H groups in total. The van der Waals surface area contributed by atoms with E-state index in [9.17, 15) is 9.59 Å². The average molecular weight is 289 g/mol. The van der Waals surface area contributed by atoms with E-state index >= 15 is 0 Å². The lowest BCUT2D eigenvalue weighted by atomic mass is 9.96. The molecule has 6 heteroatoms. The minimum atomic E-state index is -0.857. The van der Waals surface area contributed by atoms with Gasteiger partial charge in [0.1, 0.15) is 5.75 Å². The van der Waals surface area contributed by atoms with Gasteiger partial charge >= 0.3 is 0 Å². The van der Waals surface area contributed by atoms with Crippen LogP contribution in [-0.4, -0.2) is 23.5 Å². The van der Waals surface area contributed by atoms with Gasteiger partial charge in [0.25, 0.3) is 5.91 Å². The molecule has 2 amide bonds. The van der Waals surface area contributed by atoms with Crippen LogP contribution in [0.3, 0.4) is 0 Å². The molecule has 1 aromatic rings. The fraction of sp³-hybridized carbons (Fsp3) is 0.467. The number of rotatable bonds is 3. The Morgan fingerprint density at radius 1 is 1.48 bits per heavy atom. The van der Waals surface area contributed by atoms with Crippen LogP contribution in [0.25, 0.3) is 0 Å². The minimum absolute atomic E-state index is 0.201. The zero-order valence-electron chi connectivity index (χ0n) is 12.1. The van der Waals surface area contributed by atoms with E-state index in [4.69, 9.17) is 10.5 Å². The Morgan fingerprint density at radius 3 is 2.86 bits per heavy atom. The molecule has 0 aromatic heterocycles. The second-order valence-corrected chi connectivity index (χ2v) is 5.97. The van der Waals surface area contributed by atoms with Crippen molar-refractivity contribution in [1.82, 2.24) is 0 Å². The first-order valence-electron chi connectivity index (χ1n) is 7.10. The van der Waals surface area contributed by atoms with Gasteiger partial charge in [0, 0.05) is 5.69 Å². The third-order valence-corrected chi connectivity index (χ3v) is 4.08. The summed E-state index contributed by atoms with van der Waals surface area (Å²) in [5, 5.41) is 5.56. The summed E-state index contributed by atoms with van der Waals surface area (Å²) in [7, 11) is 0. The largest absolute Gasteiger partial charge is 0.479 e. The van der Waals surface area contributed by atoms with E-state index in [1.807, 2.05) is 0 Å². The zero-order valence-corrected chi connectivity index (χ0v) is 12.1. The molecule has 1 aliphatic carbocycles. The van der Waals surface area contributed by atoms with Crippen molar-refractivity contribution in [3.63, 3.8) is 0 Å². The van der Waals surface area contributed by atoms with Crippen LogP contribution >= 0.6 is 0 Å². The van der Waals surface area contributed by atoms with Crippen LogP contribution in [0.1, 0.15) is 26.7 Å². The van der Waals surface area contributed by atoms with Crippen molar-refractivity contribution in [2.75, 3.05) is 10.6 Å². The maximum absolute atomic E-state index is 12.2. The minimum Gasteiger partial charge on any atom is -0.479 e. The fourth-order valence-electron chi connectivity index (χ4n) is 2.42. The summed E-state index contributed by atoms with van der Waals surface area (Å²) < 4.78 is 5.47. The third kappa shape index (κ3) is 2.58. The Morgan fingerprint density at radius 2 is 2.19 bits per heavy atom. The van der Waals surface area contributed by atoms with E-state index in [2.05, 4.69) is 10.6 Å². The number of carbonyl (C=O) groups is 2. The molecule has 0 bridgehead atoms. The van der Waals surface area contributed by atoms with Crippen LogP contribution in [0.4, 0.5) is 11.4 Å². The number of nitrogens with one attached hydrogen (secondary N) is 2. The number of benzene rings is 1. The van der Waals surface area contributed by atoms with Gasteiger partial charge in [-0.05, 0) is 50.8 Å². The molecule has 2 unspecified atom stereocenters. The lowest BCUT2D eigenvalue weighted by Gasteiger charge is -2.25. The van der Waals surface area contributed by atoms with Crippen LogP contribution in [0.15, 0.2) is 18.2 Å². The van der Waals surface area contributed by atoms with Gasteiger partial charge in [-0.1, -0.05) is 0 Å². The van der Waals surface area contributed by atoms with Gasteiger partial charge in [0.05, 0.1) is 11.2 Å². The molecule has 0 spiro atoms. The molecule has 2 atom stereocenters. The van der Waals surface area contributed by atoms with Crippen molar-refractivity contribution in [1.29, 1.82) is 0 Å². The molecule has 21 heavy (non-hydrogen) atoms. The highest BCUT2D eigenvalue weighted by molar-refractivity contribution is 6.01. The second-order valence-electron chi connectivity index (χ2n) is 5.97. The summed E-state index contributed by atoms with van der Waals surface area (Å²) in [4.78, 5) is 23.8. The maximum Gasteiger partial charge on any atom is 0.265 e. The molecule has 6 nitrogen and oxygen atoms in total. The summed E-state index contributed by atoms with van der Waals surface area (Å²) in [6.45, 7) is 3.44. The van der Waals surface area contributed by atoms with Crippen LogP contribution in [0.2, 0.25) is 0 Å². The topological polar surface area (TPSA) is 93.4 Å². The molecule has 0 radical (unpaired) electrons. The van der Waals surface area contributed by atoms with Crippen LogP contribution in [-0.2, 0) is 9.59 Å². The number of anilines is 2. The Balaban J connectivity index is 1.77. The van der Waals surface area contributed by atoms with E-state index in [0.717, 1.165) is 12.8 Å². The van der Waals surface area contributed by atoms with Crippen molar-refractivity contribution in [2.45, 2.75) is 38.3 Å². The standard InChI is InChI=1S/C15H19N3O3/c1-8-13(19)18-11-7-10(5-6-12(11)21-8)17-14(20)15(2,16)9-3-4-9/h5-9H,3-4,16H2,1-2H3,(H,17,20)(H,18,19). The van der Waals surface area contributed by atoms with E-state index in [1.165, 1.54) is 0 Å². The van der Waals surface area contributed by atoms with Crippen LogP contribution < -0.4 is 21.1 Å². The van der Waals surface area contributed by atoms with Gasteiger partial charge in [0.2, 0.25) is 5.91 Å². The smallest absolute Gasteiger partial charge is 0.265 e. The van der Waals surface area contributed by atoms with E-state index in [0.29, 0.717) is 17.1 Å². The number of hydrogen-bond donors (Lipinski definition) is 3. The van der Waals surface area contributed by atoms with Gasteiger partial charge in [-0.2, -0.15) is 0 Å². The first-order valence-corrected chi connectivity index (χ1v) is 7.10. The molecule has 2 aliphatic rings. The first kappa shape index (κ1) is 13.9. The summed E-state index contributed by atoms with van der Waals surface area (Å²) in [5.74, 6) is 0.436. The van der Waals surface area contributed by atoms with Crippen LogP contribution in [0.5, 0.6) is 5.75 Å². The summed E-state index contributed by atoms with van der Waals surface area (Å²) >= 11 is 0. The summed E-state index contributed by atoms with van der Waals surface area (Å²) in [5.41, 5.74) is 6.38. The Bertz CT molecular complexity index is 608. The molecule has 1 heterocycles. The van der Waals surface area contributed by atoms with Gasteiger partial charge < -0.3 is 21.1 Å². The van der Waals surface area contributed by atoms with Gasteiger partial charge in [-0.3, -0.25) is 9.59 Å². The Hall–Kier alpha value is -2.08. The van der Waals surface area contributed by atoms with Crippen molar-refractivity contribution in [2.24, 2.45) is 11.7 Å². The number of amides is 2. The summed E-state index contributed by atoms with van der Waals surface area (Å²) in [6, 6.07) is 5.15. The van der Waals surface area contributed by atoms with E-state index in [1.54, 1.807) is 32.0 Å². The highest BCUT2D eigenvalue weighted by Crippen LogP contribution is 2.39. The van der Waals surface area contributed by atoms with E-state index in [-0.39, 0.29) is 17.7 Å². The highest BCUT2D eigenvalue weighted by atomic mass is 16.5. The SMILES string of the molecule is CC1Oc2ccc(NC(=O)C(C)(N)C3CC3)cc2NC1=O. The molecule has 0 saturated heterocycles. The van der Waals surface area contributed by atoms with Crippen LogP contribution in [0, 0.1) is 5.92 Å². The number of nitrogens with two attached hydrogens (primary N) is 1. The number of hydrogen-bond acceptors (Lipinski definition) is 4.